The molecular weight excluding hydrogens is 378 g/mol. The van der Waals surface area contributed by atoms with E-state index in [1.54, 1.807) is 14.2 Å². The Morgan fingerprint density at radius 2 is 1.83 bits per heavy atom. The van der Waals surface area contributed by atoms with Crippen molar-refractivity contribution in [1.82, 2.24) is 9.97 Å². The van der Waals surface area contributed by atoms with Gasteiger partial charge in [-0.3, -0.25) is 0 Å². The highest BCUT2D eigenvalue weighted by Crippen LogP contribution is 2.36. The fourth-order valence-corrected chi connectivity index (χ4v) is 3.42. The molecule has 0 radical (unpaired) electrons. The lowest BCUT2D eigenvalue weighted by Crippen LogP contribution is -1.95. The summed E-state index contributed by atoms with van der Waals surface area (Å²) in [6.45, 7) is 0. The van der Waals surface area contributed by atoms with E-state index < -0.39 is 0 Å². The third-order valence-corrected chi connectivity index (χ3v) is 4.95. The summed E-state index contributed by atoms with van der Waals surface area (Å²) in [6.07, 6.45) is 3.71. The minimum absolute atomic E-state index is 0.496. The molecular formula is C16H14BrN3O2S. The number of ether oxygens (including phenoxy) is 2. The van der Waals surface area contributed by atoms with Crippen molar-refractivity contribution in [2.45, 2.75) is 0 Å². The van der Waals surface area contributed by atoms with Crippen molar-refractivity contribution in [3.63, 3.8) is 0 Å². The van der Waals surface area contributed by atoms with Crippen LogP contribution >= 0.6 is 27.3 Å². The van der Waals surface area contributed by atoms with Gasteiger partial charge in [0.25, 0.3) is 0 Å². The zero-order valence-corrected chi connectivity index (χ0v) is 14.9. The second kappa shape index (κ2) is 6.55. The van der Waals surface area contributed by atoms with Gasteiger partial charge >= 0.3 is 0 Å². The average Bonchev–Trinajstić information content (AvgIpc) is 3.03. The van der Waals surface area contributed by atoms with E-state index >= 15 is 0 Å². The Balaban J connectivity index is 1.98. The van der Waals surface area contributed by atoms with Crippen molar-refractivity contribution in [1.29, 1.82) is 0 Å². The van der Waals surface area contributed by atoms with E-state index in [0.717, 1.165) is 20.3 Å². The minimum atomic E-state index is 0.496. The molecule has 0 bridgehead atoms. The number of fused-ring (bicyclic) bond motifs is 1. The number of nitrogens with zero attached hydrogens (tertiary/aromatic N) is 2. The van der Waals surface area contributed by atoms with Crippen LogP contribution in [-0.4, -0.2) is 24.2 Å². The smallest absolute Gasteiger partial charge is 0.155 e. The Morgan fingerprint density at radius 3 is 2.48 bits per heavy atom. The number of aromatic nitrogens is 2. The van der Waals surface area contributed by atoms with Gasteiger partial charge in [-0.15, -0.1) is 11.3 Å². The zero-order chi connectivity index (χ0) is 16.4. The summed E-state index contributed by atoms with van der Waals surface area (Å²) in [7, 11) is 3.22. The Kier molecular flexibility index (Phi) is 4.49. The summed E-state index contributed by atoms with van der Waals surface area (Å²) in [4.78, 5) is 8.78. The molecule has 0 aliphatic carbocycles. The van der Waals surface area contributed by atoms with Crippen LogP contribution in [0, 0.1) is 0 Å². The lowest BCUT2D eigenvalue weighted by molar-refractivity contribution is 0.389. The molecule has 0 aliphatic rings. The van der Waals surface area contributed by atoms with Crippen molar-refractivity contribution >= 4 is 55.5 Å². The maximum absolute atomic E-state index is 5.96. The molecule has 0 saturated heterocycles. The van der Waals surface area contributed by atoms with Crippen molar-refractivity contribution in [2.24, 2.45) is 0 Å². The number of hydrogen-bond acceptors (Lipinski definition) is 6. The second-order valence-corrected chi connectivity index (χ2v) is 6.38. The Bertz CT molecular complexity index is 867. The molecule has 0 fully saturated rings. The van der Waals surface area contributed by atoms with E-state index in [4.69, 9.17) is 15.2 Å². The molecule has 0 atom stereocenters. The Morgan fingerprint density at radius 1 is 1.13 bits per heavy atom. The second-order valence-electron chi connectivity index (χ2n) is 4.67. The van der Waals surface area contributed by atoms with Gasteiger partial charge in [0.1, 0.15) is 21.8 Å². The van der Waals surface area contributed by atoms with E-state index in [1.165, 1.54) is 11.3 Å². The predicted molar refractivity (Wildman–Crippen MR) is 98.0 cm³/mol. The number of hydrogen-bond donors (Lipinski definition) is 1. The van der Waals surface area contributed by atoms with Crippen molar-refractivity contribution in [3.05, 3.63) is 39.4 Å². The summed E-state index contributed by atoms with van der Waals surface area (Å²) >= 11 is 4.99. The van der Waals surface area contributed by atoms with Gasteiger partial charge < -0.3 is 15.2 Å². The molecule has 0 saturated carbocycles. The third kappa shape index (κ3) is 3.16. The summed E-state index contributed by atoms with van der Waals surface area (Å²) in [5.41, 5.74) is 7.73. The van der Waals surface area contributed by atoms with Crippen molar-refractivity contribution in [2.75, 3.05) is 20.0 Å². The summed E-state index contributed by atoms with van der Waals surface area (Å²) < 4.78 is 12.4. The molecule has 7 heteroatoms. The molecule has 0 aliphatic heterocycles. The first kappa shape index (κ1) is 15.8. The Labute approximate surface area is 145 Å². The van der Waals surface area contributed by atoms with E-state index in [1.807, 2.05) is 35.7 Å². The molecule has 1 aromatic carbocycles. The van der Waals surface area contributed by atoms with Gasteiger partial charge in [0.15, 0.2) is 5.82 Å². The van der Waals surface area contributed by atoms with Crippen LogP contribution in [0.15, 0.2) is 28.1 Å². The number of nitrogens with two attached hydrogens (primary N) is 1. The number of benzene rings is 1. The minimum Gasteiger partial charge on any atom is -0.495 e. The molecule has 118 valence electrons. The number of rotatable bonds is 4. The quantitative estimate of drug-likeness (QED) is 0.720. The van der Waals surface area contributed by atoms with Crippen LogP contribution in [-0.2, 0) is 0 Å². The first-order valence-corrected chi connectivity index (χ1v) is 8.40. The Hall–Kier alpha value is -2.12. The van der Waals surface area contributed by atoms with Crippen molar-refractivity contribution < 1.29 is 9.47 Å². The van der Waals surface area contributed by atoms with Crippen LogP contribution in [0.4, 0.5) is 5.82 Å². The number of methoxy groups -OCH3 is 2. The van der Waals surface area contributed by atoms with Crippen LogP contribution in [0.1, 0.15) is 11.4 Å². The molecule has 0 amide bonds. The maximum Gasteiger partial charge on any atom is 0.155 e. The first-order chi connectivity index (χ1) is 11.1. The molecule has 2 aromatic heterocycles. The number of thiophene rings is 1. The number of anilines is 1. The van der Waals surface area contributed by atoms with Gasteiger partial charge in [-0.1, -0.05) is 6.08 Å². The number of nitrogen functional groups attached to an aromatic ring is 1. The fraction of sp³-hybridized carbons (Fsp3) is 0.125. The highest BCUT2D eigenvalue weighted by Gasteiger charge is 2.09. The standard InChI is InChI=1S/C16H14BrN3O2S/c1-21-11-7-9(8-12(22-2)14(11)17)3-4-13-19-10-5-6-23-15(10)16(18)20-13/h3-8H,1-2H3,(H2,18,19,20). The molecule has 3 aromatic rings. The van der Waals surface area contributed by atoms with Crippen molar-refractivity contribution in [3.8, 4) is 11.5 Å². The normalized spacial score (nSPS) is 11.3. The molecule has 0 unspecified atom stereocenters. The molecule has 5 nitrogen and oxygen atoms in total. The van der Waals surface area contributed by atoms with Crippen LogP contribution in [0.25, 0.3) is 22.4 Å². The molecule has 0 spiro atoms. The largest absolute Gasteiger partial charge is 0.495 e. The van der Waals surface area contributed by atoms with Crippen LogP contribution in [0.3, 0.4) is 0 Å². The molecule has 3 rings (SSSR count). The highest BCUT2D eigenvalue weighted by atomic mass is 79.9. The summed E-state index contributed by atoms with van der Waals surface area (Å²) in [6, 6.07) is 5.73. The molecule has 23 heavy (non-hydrogen) atoms. The lowest BCUT2D eigenvalue weighted by atomic mass is 10.2. The SMILES string of the molecule is COc1cc(C=Cc2nc(N)c3sccc3n2)cc(OC)c1Br. The van der Waals surface area contributed by atoms with Gasteiger partial charge in [-0.2, -0.15) is 0 Å². The van der Waals surface area contributed by atoms with E-state index in [0.29, 0.717) is 23.1 Å². The van der Waals surface area contributed by atoms with E-state index in [-0.39, 0.29) is 0 Å². The summed E-state index contributed by atoms with van der Waals surface area (Å²) in [5, 5.41) is 1.95. The third-order valence-electron chi connectivity index (χ3n) is 3.24. The number of halogens is 1. The fourth-order valence-electron chi connectivity index (χ4n) is 2.14. The van der Waals surface area contributed by atoms with Crippen LogP contribution < -0.4 is 15.2 Å². The van der Waals surface area contributed by atoms with Gasteiger partial charge in [0.05, 0.1) is 24.4 Å². The van der Waals surface area contributed by atoms with Gasteiger partial charge in [-0.05, 0) is 51.1 Å². The molecule has 2 N–H and O–H groups in total. The highest BCUT2D eigenvalue weighted by molar-refractivity contribution is 9.10. The lowest BCUT2D eigenvalue weighted by Gasteiger charge is -2.09. The van der Waals surface area contributed by atoms with E-state index in [9.17, 15) is 0 Å². The first-order valence-electron chi connectivity index (χ1n) is 6.72. The average molecular weight is 392 g/mol. The predicted octanol–water partition coefficient (Wildman–Crippen LogP) is 4.22. The molecule has 2 heterocycles. The van der Waals surface area contributed by atoms with Crippen LogP contribution in [0.2, 0.25) is 0 Å². The maximum atomic E-state index is 5.96. The van der Waals surface area contributed by atoms with E-state index in [2.05, 4.69) is 25.9 Å². The van der Waals surface area contributed by atoms with Crippen LogP contribution in [0.5, 0.6) is 11.5 Å². The van der Waals surface area contributed by atoms with Gasteiger partial charge in [0, 0.05) is 0 Å². The monoisotopic (exact) mass is 391 g/mol. The van der Waals surface area contributed by atoms with Gasteiger partial charge in [0.2, 0.25) is 0 Å². The summed E-state index contributed by atoms with van der Waals surface area (Å²) in [5.74, 6) is 2.44. The zero-order valence-electron chi connectivity index (χ0n) is 12.5. The topological polar surface area (TPSA) is 70.3 Å². The van der Waals surface area contributed by atoms with Gasteiger partial charge in [-0.25, -0.2) is 9.97 Å².